The van der Waals surface area contributed by atoms with E-state index < -0.39 is 11.5 Å². The van der Waals surface area contributed by atoms with Crippen molar-refractivity contribution in [3.8, 4) is 0 Å². The molecule has 1 fully saturated rings. The lowest BCUT2D eigenvalue weighted by atomic mass is 10.4. The molecule has 1 aliphatic rings. The van der Waals surface area contributed by atoms with Crippen molar-refractivity contribution in [2.24, 2.45) is 5.92 Å². The van der Waals surface area contributed by atoms with E-state index in [1.165, 1.54) is 12.8 Å². The first-order chi connectivity index (χ1) is 9.44. The van der Waals surface area contributed by atoms with E-state index in [-0.39, 0.29) is 24.1 Å². The summed E-state index contributed by atoms with van der Waals surface area (Å²) in [4.78, 5) is 11.5. The molecule has 1 aromatic heterocycles. The molecule has 0 spiro atoms. The number of halogens is 3. The van der Waals surface area contributed by atoms with Gasteiger partial charge in [-0.05, 0) is 30.5 Å². The van der Waals surface area contributed by atoms with Crippen molar-refractivity contribution in [1.29, 1.82) is 0 Å². The third-order valence-electron chi connectivity index (χ3n) is 2.74. The number of anilines is 1. The second kappa shape index (κ2) is 6.38. The molecule has 1 aromatic rings. The van der Waals surface area contributed by atoms with Crippen molar-refractivity contribution in [3.05, 3.63) is 12.3 Å². The molecule has 0 unspecified atom stereocenters. The van der Waals surface area contributed by atoms with E-state index in [4.69, 9.17) is 0 Å². The number of alkyl halides is 3. The van der Waals surface area contributed by atoms with Crippen LogP contribution < -0.4 is 10.6 Å². The van der Waals surface area contributed by atoms with Crippen molar-refractivity contribution in [2.75, 3.05) is 17.6 Å². The number of thioether (sulfide) groups is 1. The van der Waals surface area contributed by atoms with Gasteiger partial charge in [-0.25, -0.2) is 9.48 Å². The third kappa shape index (κ3) is 5.32. The molecule has 1 heterocycles. The maximum absolute atomic E-state index is 11.9. The predicted molar refractivity (Wildman–Crippen MR) is 70.5 cm³/mol. The lowest BCUT2D eigenvalue weighted by Crippen LogP contribution is -2.31. The third-order valence-corrected chi connectivity index (χ3v) is 3.48. The van der Waals surface area contributed by atoms with Gasteiger partial charge in [0, 0.05) is 24.9 Å². The molecular weight excluding hydrogens is 293 g/mol. The number of rotatable bonds is 6. The predicted octanol–water partition coefficient (Wildman–Crippen LogP) is 2.67. The summed E-state index contributed by atoms with van der Waals surface area (Å²) >= 11 is -0.157. The molecule has 112 valence electrons. The molecule has 2 amide bonds. The van der Waals surface area contributed by atoms with Crippen molar-refractivity contribution in [2.45, 2.75) is 24.9 Å². The van der Waals surface area contributed by atoms with Gasteiger partial charge in [-0.1, -0.05) is 0 Å². The zero-order valence-electron chi connectivity index (χ0n) is 10.6. The number of carbonyl (C=O) groups is 1. The number of aromatic nitrogens is 2. The van der Waals surface area contributed by atoms with Crippen LogP contribution in [-0.4, -0.2) is 33.6 Å². The average molecular weight is 308 g/mol. The standard InChI is InChI=1S/C11H15F3N4OS/c12-11(13,14)20-6-5-15-10(19)17-9-3-4-16-18(9)7-8-1-2-8/h3-4,8H,1-2,5-7H2,(H2,15,17,19). The van der Waals surface area contributed by atoms with Crippen LogP contribution in [0.25, 0.3) is 0 Å². The molecule has 0 saturated heterocycles. The fourth-order valence-corrected chi connectivity index (χ4v) is 2.06. The van der Waals surface area contributed by atoms with Crippen LogP contribution in [0.4, 0.5) is 23.8 Å². The van der Waals surface area contributed by atoms with E-state index >= 15 is 0 Å². The highest BCUT2D eigenvalue weighted by atomic mass is 32.2. The molecule has 2 N–H and O–H groups in total. The van der Waals surface area contributed by atoms with Crippen LogP contribution in [0.1, 0.15) is 12.8 Å². The highest BCUT2D eigenvalue weighted by molar-refractivity contribution is 8.00. The number of urea groups is 1. The topological polar surface area (TPSA) is 59.0 Å². The van der Waals surface area contributed by atoms with E-state index in [1.54, 1.807) is 16.9 Å². The van der Waals surface area contributed by atoms with Crippen molar-refractivity contribution in [1.82, 2.24) is 15.1 Å². The van der Waals surface area contributed by atoms with Gasteiger partial charge in [0.2, 0.25) is 0 Å². The van der Waals surface area contributed by atoms with Crippen LogP contribution in [0, 0.1) is 5.92 Å². The fourth-order valence-electron chi connectivity index (χ4n) is 1.62. The first-order valence-electron chi connectivity index (χ1n) is 6.21. The molecule has 2 rings (SSSR count). The van der Waals surface area contributed by atoms with Gasteiger partial charge < -0.3 is 5.32 Å². The summed E-state index contributed by atoms with van der Waals surface area (Å²) in [7, 11) is 0. The van der Waals surface area contributed by atoms with E-state index in [9.17, 15) is 18.0 Å². The zero-order chi connectivity index (χ0) is 14.6. The Balaban J connectivity index is 1.70. The van der Waals surface area contributed by atoms with Gasteiger partial charge in [0.05, 0.1) is 6.20 Å². The maximum atomic E-state index is 11.9. The molecule has 0 aliphatic heterocycles. The largest absolute Gasteiger partial charge is 0.441 e. The molecule has 0 aromatic carbocycles. The lowest BCUT2D eigenvalue weighted by Gasteiger charge is -2.10. The molecule has 0 radical (unpaired) electrons. The molecular formula is C11H15F3N4OS. The Kier molecular flexibility index (Phi) is 4.79. The maximum Gasteiger partial charge on any atom is 0.441 e. The van der Waals surface area contributed by atoms with E-state index in [2.05, 4.69) is 15.7 Å². The summed E-state index contributed by atoms with van der Waals surface area (Å²) in [5.41, 5.74) is -4.26. The van der Waals surface area contributed by atoms with E-state index in [0.29, 0.717) is 11.7 Å². The Labute approximate surface area is 118 Å². The smallest absolute Gasteiger partial charge is 0.337 e. The van der Waals surface area contributed by atoms with Crippen LogP contribution in [0.5, 0.6) is 0 Å². The molecule has 0 atom stereocenters. The Hall–Kier alpha value is -1.38. The van der Waals surface area contributed by atoms with Gasteiger partial charge >= 0.3 is 11.5 Å². The van der Waals surface area contributed by atoms with Gasteiger partial charge in [0.25, 0.3) is 0 Å². The summed E-state index contributed by atoms with van der Waals surface area (Å²) in [5, 5.41) is 9.06. The molecule has 0 bridgehead atoms. The Bertz CT molecular complexity index is 459. The molecule has 20 heavy (non-hydrogen) atoms. The molecule has 9 heteroatoms. The first kappa shape index (κ1) is 15.0. The van der Waals surface area contributed by atoms with Crippen molar-refractivity contribution in [3.63, 3.8) is 0 Å². The number of nitrogens with zero attached hydrogens (tertiary/aromatic N) is 2. The molecule has 5 nitrogen and oxygen atoms in total. The Morgan fingerprint density at radius 3 is 2.90 bits per heavy atom. The lowest BCUT2D eigenvalue weighted by molar-refractivity contribution is -0.0327. The number of carbonyl (C=O) groups excluding carboxylic acids is 1. The van der Waals surface area contributed by atoms with Gasteiger partial charge in [0.1, 0.15) is 5.82 Å². The average Bonchev–Trinajstić information content (AvgIpc) is 3.05. The van der Waals surface area contributed by atoms with Crippen LogP contribution in [0.3, 0.4) is 0 Å². The summed E-state index contributed by atoms with van der Waals surface area (Å²) in [5.74, 6) is 0.956. The minimum Gasteiger partial charge on any atom is -0.337 e. The summed E-state index contributed by atoms with van der Waals surface area (Å²) in [6.45, 7) is 0.708. The summed E-state index contributed by atoms with van der Waals surface area (Å²) in [6.07, 6.45) is 3.91. The van der Waals surface area contributed by atoms with Gasteiger partial charge in [-0.15, -0.1) is 0 Å². The summed E-state index contributed by atoms with van der Waals surface area (Å²) < 4.78 is 37.4. The van der Waals surface area contributed by atoms with E-state index in [0.717, 1.165) is 6.54 Å². The Morgan fingerprint density at radius 2 is 2.25 bits per heavy atom. The van der Waals surface area contributed by atoms with Crippen LogP contribution in [0.2, 0.25) is 0 Å². The van der Waals surface area contributed by atoms with Gasteiger partial charge in [-0.2, -0.15) is 18.3 Å². The normalized spacial score (nSPS) is 15.2. The number of hydrogen-bond donors (Lipinski definition) is 2. The van der Waals surface area contributed by atoms with Crippen molar-refractivity contribution >= 4 is 23.6 Å². The van der Waals surface area contributed by atoms with E-state index in [1.807, 2.05) is 0 Å². The Morgan fingerprint density at radius 1 is 1.50 bits per heavy atom. The molecule has 1 aliphatic carbocycles. The van der Waals surface area contributed by atoms with Crippen LogP contribution in [0.15, 0.2) is 12.3 Å². The van der Waals surface area contributed by atoms with Gasteiger partial charge in [-0.3, -0.25) is 5.32 Å². The second-order valence-corrected chi connectivity index (χ2v) is 5.68. The summed E-state index contributed by atoms with van der Waals surface area (Å²) in [6, 6.07) is 1.14. The molecule has 1 saturated carbocycles. The van der Waals surface area contributed by atoms with Crippen LogP contribution in [-0.2, 0) is 6.54 Å². The van der Waals surface area contributed by atoms with Gasteiger partial charge in [0.15, 0.2) is 0 Å². The number of amides is 2. The minimum atomic E-state index is -4.26. The number of hydrogen-bond acceptors (Lipinski definition) is 3. The fraction of sp³-hybridized carbons (Fsp3) is 0.636. The minimum absolute atomic E-state index is 0.0488. The second-order valence-electron chi connectivity index (χ2n) is 4.52. The van der Waals surface area contributed by atoms with Crippen LogP contribution >= 0.6 is 11.8 Å². The monoisotopic (exact) mass is 308 g/mol. The zero-order valence-corrected chi connectivity index (χ0v) is 11.4. The SMILES string of the molecule is O=C(NCCSC(F)(F)F)Nc1ccnn1CC1CC1. The quantitative estimate of drug-likeness (QED) is 0.794. The first-order valence-corrected chi connectivity index (χ1v) is 7.20. The van der Waals surface area contributed by atoms with Crippen molar-refractivity contribution < 1.29 is 18.0 Å². The highest BCUT2D eigenvalue weighted by Gasteiger charge is 2.27. The number of nitrogens with one attached hydrogen (secondary N) is 2. The highest BCUT2D eigenvalue weighted by Crippen LogP contribution is 2.31.